The van der Waals surface area contributed by atoms with Gasteiger partial charge in [0.15, 0.2) is 0 Å². The van der Waals surface area contributed by atoms with Crippen molar-refractivity contribution in [3.05, 3.63) is 18.0 Å². The van der Waals surface area contributed by atoms with Crippen molar-refractivity contribution in [3.8, 4) is 0 Å². The summed E-state index contributed by atoms with van der Waals surface area (Å²) >= 11 is 0. The van der Waals surface area contributed by atoms with Crippen LogP contribution in [0.3, 0.4) is 0 Å². The predicted octanol–water partition coefficient (Wildman–Crippen LogP) is 1.60. The van der Waals surface area contributed by atoms with Gasteiger partial charge in [0.2, 0.25) is 0 Å². The molecule has 1 aliphatic rings. The van der Waals surface area contributed by atoms with Crippen LogP contribution in [0, 0.1) is 0 Å². The fourth-order valence-electron chi connectivity index (χ4n) is 2.48. The number of hydrogen-bond donors (Lipinski definition) is 1. The van der Waals surface area contributed by atoms with Gasteiger partial charge in [-0.2, -0.15) is 5.10 Å². The molecule has 21 heavy (non-hydrogen) atoms. The standard InChI is InChI=1S/C14H21N3O4/c1-14(2,3)21-13(20)17-8-9(5-11(17)12(18)19)10-6-15-16(4)7-10/h6-7,9,11H,5,8H2,1-4H3,(H,18,19). The van der Waals surface area contributed by atoms with Gasteiger partial charge in [-0.25, -0.2) is 9.59 Å². The van der Waals surface area contributed by atoms with E-state index < -0.39 is 23.7 Å². The maximum absolute atomic E-state index is 12.2. The van der Waals surface area contributed by atoms with E-state index in [0.29, 0.717) is 13.0 Å². The lowest BCUT2D eigenvalue weighted by atomic mass is 10.00. The van der Waals surface area contributed by atoms with E-state index >= 15 is 0 Å². The molecule has 1 aliphatic heterocycles. The number of hydrogen-bond acceptors (Lipinski definition) is 4. The van der Waals surface area contributed by atoms with E-state index in [2.05, 4.69) is 5.10 Å². The number of nitrogens with zero attached hydrogens (tertiary/aromatic N) is 3. The highest BCUT2D eigenvalue weighted by molar-refractivity contribution is 5.81. The van der Waals surface area contributed by atoms with Crippen LogP contribution in [0.5, 0.6) is 0 Å². The zero-order valence-corrected chi connectivity index (χ0v) is 12.7. The summed E-state index contributed by atoms with van der Waals surface area (Å²) in [6, 6.07) is -0.856. The summed E-state index contributed by atoms with van der Waals surface area (Å²) in [5.74, 6) is -1.04. The maximum atomic E-state index is 12.2. The predicted molar refractivity (Wildman–Crippen MR) is 74.9 cm³/mol. The minimum absolute atomic E-state index is 0.0349. The number of amides is 1. The third kappa shape index (κ3) is 3.53. The molecule has 2 atom stereocenters. The summed E-state index contributed by atoms with van der Waals surface area (Å²) in [6.07, 6.45) is 3.35. The van der Waals surface area contributed by atoms with E-state index in [9.17, 15) is 14.7 Å². The van der Waals surface area contributed by atoms with Crippen molar-refractivity contribution >= 4 is 12.1 Å². The summed E-state index contributed by atoms with van der Waals surface area (Å²) in [4.78, 5) is 24.9. The average Bonchev–Trinajstić information content (AvgIpc) is 2.92. The van der Waals surface area contributed by atoms with Gasteiger partial charge >= 0.3 is 12.1 Å². The molecule has 2 unspecified atom stereocenters. The molecule has 1 aromatic rings. The minimum Gasteiger partial charge on any atom is -0.480 e. The molecule has 7 nitrogen and oxygen atoms in total. The van der Waals surface area contributed by atoms with Gasteiger partial charge in [0, 0.05) is 25.7 Å². The van der Waals surface area contributed by atoms with E-state index in [-0.39, 0.29) is 5.92 Å². The van der Waals surface area contributed by atoms with Gasteiger partial charge in [-0.15, -0.1) is 0 Å². The van der Waals surface area contributed by atoms with Crippen LogP contribution in [0.25, 0.3) is 0 Å². The van der Waals surface area contributed by atoms with Gasteiger partial charge in [-0.1, -0.05) is 0 Å². The number of aryl methyl sites for hydroxylation is 1. The normalized spacial score (nSPS) is 22.4. The van der Waals surface area contributed by atoms with Crippen LogP contribution in [0.2, 0.25) is 0 Å². The Balaban J connectivity index is 2.16. The number of aliphatic carboxylic acids is 1. The molecule has 2 rings (SSSR count). The van der Waals surface area contributed by atoms with Crippen LogP contribution in [-0.4, -0.2) is 50.0 Å². The van der Waals surface area contributed by atoms with Crippen molar-refractivity contribution in [2.24, 2.45) is 7.05 Å². The number of carboxylic acid groups (broad SMARTS) is 1. The Morgan fingerprint density at radius 1 is 1.43 bits per heavy atom. The maximum Gasteiger partial charge on any atom is 0.411 e. The highest BCUT2D eigenvalue weighted by Gasteiger charge is 2.42. The molecule has 1 aromatic heterocycles. The second-order valence-electron chi connectivity index (χ2n) is 6.37. The third-order valence-electron chi connectivity index (χ3n) is 3.41. The van der Waals surface area contributed by atoms with Gasteiger partial charge in [-0.3, -0.25) is 9.58 Å². The number of carbonyl (C=O) groups is 2. The topological polar surface area (TPSA) is 84.7 Å². The molecule has 0 aromatic carbocycles. The first-order valence-corrected chi connectivity index (χ1v) is 6.88. The second kappa shape index (κ2) is 5.38. The van der Waals surface area contributed by atoms with Crippen LogP contribution in [0.4, 0.5) is 4.79 Å². The third-order valence-corrected chi connectivity index (χ3v) is 3.41. The summed E-state index contributed by atoms with van der Waals surface area (Å²) in [5.41, 5.74) is 0.293. The molecule has 116 valence electrons. The highest BCUT2D eigenvalue weighted by Crippen LogP contribution is 2.32. The highest BCUT2D eigenvalue weighted by atomic mass is 16.6. The first-order valence-electron chi connectivity index (χ1n) is 6.88. The summed E-state index contributed by atoms with van der Waals surface area (Å²) in [5, 5.41) is 13.4. The van der Waals surface area contributed by atoms with Crippen molar-refractivity contribution in [3.63, 3.8) is 0 Å². The molecule has 1 fully saturated rings. The Morgan fingerprint density at radius 2 is 2.10 bits per heavy atom. The van der Waals surface area contributed by atoms with Crippen LogP contribution in [-0.2, 0) is 16.6 Å². The number of carboxylic acids is 1. The van der Waals surface area contributed by atoms with E-state index in [0.717, 1.165) is 5.56 Å². The quantitative estimate of drug-likeness (QED) is 0.895. The Hall–Kier alpha value is -2.05. The molecule has 0 saturated carbocycles. The largest absolute Gasteiger partial charge is 0.480 e. The lowest BCUT2D eigenvalue weighted by Crippen LogP contribution is -2.43. The number of rotatable bonds is 2. The summed E-state index contributed by atoms with van der Waals surface area (Å²) < 4.78 is 6.96. The van der Waals surface area contributed by atoms with Crippen molar-refractivity contribution < 1.29 is 19.4 Å². The second-order valence-corrected chi connectivity index (χ2v) is 6.37. The molecule has 7 heteroatoms. The Kier molecular flexibility index (Phi) is 3.93. The van der Waals surface area contributed by atoms with Gasteiger partial charge in [0.1, 0.15) is 11.6 Å². The minimum atomic E-state index is -1.01. The molecular weight excluding hydrogens is 274 g/mol. The SMILES string of the molecule is Cn1cc(C2CC(C(=O)O)N(C(=O)OC(C)(C)C)C2)cn1. The molecule has 2 heterocycles. The lowest BCUT2D eigenvalue weighted by molar-refractivity contribution is -0.142. The van der Waals surface area contributed by atoms with Gasteiger partial charge in [-0.05, 0) is 32.8 Å². The monoisotopic (exact) mass is 295 g/mol. The van der Waals surface area contributed by atoms with Gasteiger partial charge < -0.3 is 9.84 Å². The molecule has 0 radical (unpaired) electrons. The molecular formula is C14H21N3O4. The van der Waals surface area contributed by atoms with Crippen molar-refractivity contribution in [1.82, 2.24) is 14.7 Å². The Bertz CT molecular complexity index is 547. The fraction of sp³-hybridized carbons (Fsp3) is 0.643. The molecule has 0 bridgehead atoms. The molecule has 1 amide bonds. The number of carbonyl (C=O) groups excluding carboxylic acids is 1. The van der Waals surface area contributed by atoms with E-state index in [1.807, 2.05) is 6.20 Å². The Labute approximate surface area is 123 Å². The fourth-order valence-corrected chi connectivity index (χ4v) is 2.48. The zero-order valence-electron chi connectivity index (χ0n) is 12.7. The first-order chi connectivity index (χ1) is 9.67. The molecule has 0 aliphatic carbocycles. The van der Waals surface area contributed by atoms with E-state index in [1.165, 1.54) is 4.90 Å². The van der Waals surface area contributed by atoms with Crippen LogP contribution >= 0.6 is 0 Å². The van der Waals surface area contributed by atoms with Crippen LogP contribution in [0.15, 0.2) is 12.4 Å². The molecule has 1 N–H and O–H groups in total. The first kappa shape index (κ1) is 15.3. The Morgan fingerprint density at radius 3 is 2.57 bits per heavy atom. The summed E-state index contributed by atoms with van der Waals surface area (Å²) in [6.45, 7) is 5.61. The van der Waals surface area contributed by atoms with E-state index in [4.69, 9.17) is 4.74 Å². The van der Waals surface area contributed by atoms with E-state index in [1.54, 1.807) is 38.7 Å². The number of likely N-dealkylation sites (tertiary alicyclic amines) is 1. The van der Waals surface area contributed by atoms with Crippen molar-refractivity contribution in [1.29, 1.82) is 0 Å². The van der Waals surface area contributed by atoms with Crippen molar-refractivity contribution in [2.75, 3.05) is 6.54 Å². The molecule has 0 spiro atoms. The van der Waals surface area contributed by atoms with Crippen molar-refractivity contribution in [2.45, 2.75) is 44.8 Å². The van der Waals surface area contributed by atoms with Gasteiger partial charge in [0.05, 0.1) is 6.20 Å². The summed E-state index contributed by atoms with van der Waals surface area (Å²) in [7, 11) is 1.80. The molecule has 1 saturated heterocycles. The van der Waals surface area contributed by atoms with Crippen LogP contribution in [0.1, 0.15) is 38.7 Å². The average molecular weight is 295 g/mol. The number of ether oxygens (including phenoxy) is 1. The van der Waals surface area contributed by atoms with Crippen LogP contribution < -0.4 is 0 Å². The van der Waals surface area contributed by atoms with Gasteiger partial charge in [0.25, 0.3) is 0 Å². The smallest absolute Gasteiger partial charge is 0.411 e. The zero-order chi connectivity index (χ0) is 15.8. The number of aromatic nitrogens is 2. The lowest BCUT2D eigenvalue weighted by Gasteiger charge is -2.26.